The predicted octanol–water partition coefficient (Wildman–Crippen LogP) is 4.53. The number of likely N-dealkylation sites (N-methyl/N-ethyl adjacent to an activating group) is 1. The van der Waals surface area contributed by atoms with Gasteiger partial charge in [0.2, 0.25) is 0 Å². The molecular formula is C28H43NO6. The number of nitrogens with zero attached hydrogens (tertiary/aromatic N) is 1. The molecule has 2 aromatic carbocycles. The molecule has 0 heterocycles. The van der Waals surface area contributed by atoms with Crippen molar-refractivity contribution in [2.75, 3.05) is 55.7 Å². The van der Waals surface area contributed by atoms with Gasteiger partial charge >= 0.3 is 0 Å². The van der Waals surface area contributed by atoms with Crippen LogP contribution in [0.25, 0.3) is 0 Å². The molecule has 0 saturated carbocycles. The van der Waals surface area contributed by atoms with Gasteiger partial charge in [-0.3, -0.25) is 0 Å². The van der Waals surface area contributed by atoms with Gasteiger partial charge in [0.15, 0.2) is 29.3 Å². The Labute approximate surface area is 210 Å². The quantitative estimate of drug-likeness (QED) is 0.369. The number of benzene rings is 2. The van der Waals surface area contributed by atoms with Crippen LogP contribution < -0.4 is 18.9 Å². The third-order valence-corrected chi connectivity index (χ3v) is 6.98. The lowest BCUT2D eigenvalue weighted by Gasteiger charge is -2.42. The minimum Gasteiger partial charge on any atom is -0.493 e. The van der Waals surface area contributed by atoms with E-state index in [0.29, 0.717) is 11.5 Å². The molecule has 0 saturated heterocycles. The zero-order chi connectivity index (χ0) is 26.0. The zero-order valence-corrected chi connectivity index (χ0v) is 22.6. The second-order valence-electron chi connectivity index (χ2n) is 9.20. The average Bonchev–Trinajstić information content (AvgIpc) is 2.88. The fraction of sp³-hybridized carbons (Fsp3) is 0.571. The summed E-state index contributed by atoms with van der Waals surface area (Å²) in [5.74, 6) is 2.92. The van der Waals surface area contributed by atoms with Crippen molar-refractivity contribution in [3.05, 3.63) is 47.5 Å². The average molecular weight is 490 g/mol. The molecule has 0 spiro atoms. The molecular weight excluding hydrogens is 446 g/mol. The molecule has 35 heavy (non-hydrogen) atoms. The summed E-state index contributed by atoms with van der Waals surface area (Å²) in [4.78, 5) is 2.32. The van der Waals surface area contributed by atoms with E-state index in [1.807, 2.05) is 30.3 Å². The summed E-state index contributed by atoms with van der Waals surface area (Å²) in [7, 11) is 10.2. The molecule has 2 aromatic rings. The van der Waals surface area contributed by atoms with Crippen LogP contribution in [0.3, 0.4) is 0 Å². The van der Waals surface area contributed by atoms with E-state index in [4.69, 9.17) is 23.7 Å². The smallest absolute Gasteiger partial charge is 0.164 e. The topological polar surface area (TPSA) is 69.6 Å². The van der Waals surface area contributed by atoms with Crippen LogP contribution in [0.15, 0.2) is 36.4 Å². The van der Waals surface area contributed by atoms with Crippen LogP contribution >= 0.6 is 0 Å². The standard InChI is InChI=1S/C28H43NO6/c1-20(2)28(27(30)35-8,22-11-13-24(32-5)26(19-22)34-7)15-9-16-29(3)17-14-21-10-12-23(31-4)25(18-21)33-6/h10-13,18-20,27,30H,9,14-17H2,1-8H3. The number of hydrogen-bond donors (Lipinski definition) is 1. The Balaban J connectivity index is 2.12. The second-order valence-corrected chi connectivity index (χ2v) is 9.20. The van der Waals surface area contributed by atoms with Gasteiger partial charge in [0.1, 0.15) is 0 Å². The van der Waals surface area contributed by atoms with Gasteiger partial charge in [-0.2, -0.15) is 0 Å². The first-order valence-electron chi connectivity index (χ1n) is 12.1. The fourth-order valence-corrected chi connectivity index (χ4v) is 4.76. The molecule has 0 radical (unpaired) electrons. The van der Waals surface area contributed by atoms with Gasteiger partial charge in [-0.05, 0) is 74.2 Å². The van der Waals surface area contributed by atoms with E-state index in [1.165, 1.54) is 5.56 Å². The highest BCUT2D eigenvalue weighted by atomic mass is 16.6. The first-order valence-corrected chi connectivity index (χ1v) is 12.1. The summed E-state index contributed by atoms with van der Waals surface area (Å²) in [6, 6.07) is 11.9. The normalized spacial score (nSPS) is 14.0. The van der Waals surface area contributed by atoms with E-state index in [2.05, 4.69) is 31.9 Å². The molecule has 0 aliphatic heterocycles. The van der Waals surface area contributed by atoms with Crippen LogP contribution in [-0.4, -0.2) is 72.0 Å². The van der Waals surface area contributed by atoms with Crippen molar-refractivity contribution in [3.8, 4) is 23.0 Å². The highest BCUT2D eigenvalue weighted by molar-refractivity contribution is 5.46. The molecule has 0 bridgehead atoms. The largest absolute Gasteiger partial charge is 0.493 e. The van der Waals surface area contributed by atoms with E-state index in [-0.39, 0.29) is 5.92 Å². The van der Waals surface area contributed by atoms with Crippen LogP contribution in [0.5, 0.6) is 23.0 Å². The maximum atomic E-state index is 11.1. The van der Waals surface area contributed by atoms with Gasteiger partial charge in [0.25, 0.3) is 0 Å². The molecule has 7 heteroatoms. The number of methoxy groups -OCH3 is 5. The van der Waals surface area contributed by atoms with Crippen molar-refractivity contribution in [1.29, 1.82) is 0 Å². The molecule has 1 N–H and O–H groups in total. The number of aliphatic hydroxyl groups is 1. The Morgan fingerprint density at radius 2 is 1.37 bits per heavy atom. The zero-order valence-electron chi connectivity index (χ0n) is 22.6. The Kier molecular flexibility index (Phi) is 11.1. The van der Waals surface area contributed by atoms with Gasteiger partial charge < -0.3 is 33.7 Å². The third kappa shape index (κ3) is 6.81. The fourth-order valence-electron chi connectivity index (χ4n) is 4.76. The minimum absolute atomic E-state index is 0.132. The molecule has 2 unspecified atom stereocenters. The van der Waals surface area contributed by atoms with Crippen LogP contribution in [0.4, 0.5) is 0 Å². The summed E-state index contributed by atoms with van der Waals surface area (Å²) in [5, 5.41) is 11.1. The van der Waals surface area contributed by atoms with Gasteiger partial charge in [-0.25, -0.2) is 0 Å². The van der Waals surface area contributed by atoms with Crippen LogP contribution in [-0.2, 0) is 16.6 Å². The van der Waals surface area contributed by atoms with Crippen LogP contribution in [0.1, 0.15) is 37.8 Å². The molecule has 2 atom stereocenters. The molecule has 0 aliphatic rings. The van der Waals surface area contributed by atoms with Gasteiger partial charge in [-0.15, -0.1) is 0 Å². The first kappa shape index (κ1) is 28.8. The van der Waals surface area contributed by atoms with Crippen molar-refractivity contribution < 1.29 is 28.8 Å². The van der Waals surface area contributed by atoms with E-state index < -0.39 is 11.7 Å². The van der Waals surface area contributed by atoms with Crippen molar-refractivity contribution in [2.24, 2.45) is 5.92 Å². The van der Waals surface area contributed by atoms with Crippen molar-refractivity contribution in [1.82, 2.24) is 4.90 Å². The molecule has 0 aliphatic carbocycles. The highest BCUT2D eigenvalue weighted by Crippen LogP contribution is 2.43. The van der Waals surface area contributed by atoms with E-state index in [0.717, 1.165) is 49.4 Å². The first-order chi connectivity index (χ1) is 16.8. The molecule has 0 fully saturated rings. The monoisotopic (exact) mass is 489 g/mol. The van der Waals surface area contributed by atoms with E-state index in [1.54, 1.807) is 35.5 Å². The predicted molar refractivity (Wildman–Crippen MR) is 139 cm³/mol. The molecule has 0 amide bonds. The Morgan fingerprint density at radius 1 is 0.800 bits per heavy atom. The molecule has 7 nitrogen and oxygen atoms in total. The molecule has 2 rings (SSSR count). The lowest BCUT2D eigenvalue weighted by atomic mass is 9.68. The van der Waals surface area contributed by atoms with E-state index in [9.17, 15) is 5.11 Å². The number of rotatable bonds is 15. The Bertz CT molecular complexity index is 918. The number of aliphatic hydroxyl groups excluding tert-OH is 1. The summed E-state index contributed by atoms with van der Waals surface area (Å²) in [5.41, 5.74) is 1.59. The number of ether oxygens (including phenoxy) is 5. The summed E-state index contributed by atoms with van der Waals surface area (Å²) in [6.07, 6.45) is 1.62. The third-order valence-electron chi connectivity index (χ3n) is 6.98. The summed E-state index contributed by atoms with van der Waals surface area (Å²) in [6.45, 7) is 6.05. The van der Waals surface area contributed by atoms with Crippen LogP contribution in [0, 0.1) is 5.92 Å². The maximum absolute atomic E-state index is 11.1. The van der Waals surface area contributed by atoms with Gasteiger partial charge in [0.05, 0.1) is 28.4 Å². The van der Waals surface area contributed by atoms with Crippen LogP contribution in [0.2, 0.25) is 0 Å². The second kappa shape index (κ2) is 13.6. The highest BCUT2D eigenvalue weighted by Gasteiger charge is 2.43. The van der Waals surface area contributed by atoms with Crippen molar-refractivity contribution >= 4 is 0 Å². The Morgan fingerprint density at radius 3 is 1.91 bits per heavy atom. The maximum Gasteiger partial charge on any atom is 0.164 e. The number of hydrogen-bond acceptors (Lipinski definition) is 7. The van der Waals surface area contributed by atoms with Crippen molar-refractivity contribution in [2.45, 2.75) is 44.8 Å². The Hall–Kier alpha value is -2.48. The minimum atomic E-state index is -0.947. The van der Waals surface area contributed by atoms with Gasteiger partial charge in [-0.1, -0.05) is 26.0 Å². The lowest BCUT2D eigenvalue weighted by Crippen LogP contribution is -2.46. The van der Waals surface area contributed by atoms with Gasteiger partial charge in [0, 0.05) is 19.1 Å². The van der Waals surface area contributed by atoms with E-state index >= 15 is 0 Å². The lowest BCUT2D eigenvalue weighted by molar-refractivity contribution is -0.143. The summed E-state index contributed by atoms with van der Waals surface area (Å²) < 4.78 is 27.2. The SMILES string of the molecule is COc1ccc(CCN(C)CCCC(c2ccc(OC)c(OC)c2)(C(C)C)C(O)OC)cc1OC. The molecule has 0 aromatic heterocycles. The molecule has 196 valence electrons. The van der Waals surface area contributed by atoms with Crippen molar-refractivity contribution in [3.63, 3.8) is 0 Å². The summed E-state index contributed by atoms with van der Waals surface area (Å²) >= 11 is 0.